The van der Waals surface area contributed by atoms with E-state index in [0.717, 1.165) is 36.2 Å². The van der Waals surface area contributed by atoms with Crippen molar-refractivity contribution in [3.05, 3.63) is 58.1 Å². The SMILES string of the molecule is O=Cc1ccc(Sc2cc(F)ccc2F)c(Br)c1. The molecule has 2 aromatic carbocycles. The predicted molar refractivity (Wildman–Crippen MR) is 70.0 cm³/mol. The first-order valence-electron chi connectivity index (χ1n) is 4.98. The monoisotopic (exact) mass is 328 g/mol. The van der Waals surface area contributed by atoms with Gasteiger partial charge in [-0.1, -0.05) is 17.8 Å². The molecule has 0 fully saturated rings. The minimum absolute atomic E-state index is 0.203. The third-order valence-electron chi connectivity index (χ3n) is 2.21. The van der Waals surface area contributed by atoms with Crippen molar-refractivity contribution >= 4 is 34.0 Å². The molecule has 2 rings (SSSR count). The van der Waals surface area contributed by atoms with Crippen molar-refractivity contribution in [2.75, 3.05) is 0 Å². The summed E-state index contributed by atoms with van der Waals surface area (Å²) in [5.41, 5.74) is 0.519. The van der Waals surface area contributed by atoms with Gasteiger partial charge in [0.15, 0.2) is 0 Å². The Hall–Kier alpha value is -1.20. The predicted octanol–water partition coefficient (Wildman–Crippen LogP) is 4.69. The molecule has 0 aliphatic rings. The molecule has 18 heavy (non-hydrogen) atoms. The number of rotatable bonds is 3. The molecule has 0 saturated carbocycles. The lowest BCUT2D eigenvalue weighted by Gasteiger charge is -2.06. The molecule has 0 bridgehead atoms. The van der Waals surface area contributed by atoms with E-state index in [-0.39, 0.29) is 4.90 Å². The summed E-state index contributed by atoms with van der Waals surface area (Å²) in [5.74, 6) is -0.965. The third-order valence-corrected chi connectivity index (χ3v) is 4.23. The molecule has 92 valence electrons. The molecule has 0 aliphatic heterocycles. The Morgan fingerprint density at radius 3 is 2.50 bits per heavy atom. The van der Waals surface area contributed by atoms with Gasteiger partial charge >= 0.3 is 0 Å². The summed E-state index contributed by atoms with van der Waals surface area (Å²) < 4.78 is 27.2. The topological polar surface area (TPSA) is 17.1 Å². The zero-order valence-corrected chi connectivity index (χ0v) is 11.4. The minimum atomic E-state index is -0.487. The van der Waals surface area contributed by atoms with Gasteiger partial charge in [-0.3, -0.25) is 4.79 Å². The maximum Gasteiger partial charge on any atom is 0.150 e. The van der Waals surface area contributed by atoms with E-state index in [4.69, 9.17) is 0 Å². The highest BCUT2D eigenvalue weighted by atomic mass is 79.9. The number of benzene rings is 2. The second-order valence-electron chi connectivity index (χ2n) is 3.48. The van der Waals surface area contributed by atoms with Crippen LogP contribution in [0.3, 0.4) is 0 Å². The number of carbonyl (C=O) groups is 1. The van der Waals surface area contributed by atoms with E-state index in [1.54, 1.807) is 18.2 Å². The lowest BCUT2D eigenvalue weighted by atomic mass is 10.2. The Balaban J connectivity index is 2.34. The lowest BCUT2D eigenvalue weighted by molar-refractivity contribution is 0.112. The van der Waals surface area contributed by atoms with Crippen LogP contribution in [0.1, 0.15) is 10.4 Å². The van der Waals surface area contributed by atoms with Gasteiger partial charge in [0.1, 0.15) is 17.9 Å². The number of hydrogen-bond acceptors (Lipinski definition) is 2. The quantitative estimate of drug-likeness (QED) is 0.760. The molecule has 5 heteroatoms. The maximum atomic E-state index is 13.5. The summed E-state index contributed by atoms with van der Waals surface area (Å²) in [6, 6.07) is 8.24. The number of carbonyl (C=O) groups excluding carboxylic acids is 1. The largest absolute Gasteiger partial charge is 0.298 e. The van der Waals surface area contributed by atoms with Gasteiger partial charge in [0.25, 0.3) is 0 Å². The zero-order valence-electron chi connectivity index (χ0n) is 8.99. The van der Waals surface area contributed by atoms with Crippen LogP contribution in [0, 0.1) is 11.6 Å². The molecule has 0 spiro atoms. The molecule has 0 aliphatic carbocycles. The van der Waals surface area contributed by atoms with Crippen LogP contribution in [0.4, 0.5) is 8.78 Å². The first kappa shape index (κ1) is 13.2. The van der Waals surface area contributed by atoms with Crippen LogP contribution in [-0.2, 0) is 0 Å². The van der Waals surface area contributed by atoms with Crippen molar-refractivity contribution in [1.82, 2.24) is 0 Å². The summed E-state index contributed by atoms with van der Waals surface area (Å²) in [4.78, 5) is 11.5. The normalized spacial score (nSPS) is 10.4. The van der Waals surface area contributed by atoms with Gasteiger partial charge in [0, 0.05) is 14.9 Å². The summed E-state index contributed by atoms with van der Waals surface area (Å²) in [6.07, 6.45) is 0.724. The fourth-order valence-corrected chi connectivity index (χ4v) is 2.85. The van der Waals surface area contributed by atoms with Gasteiger partial charge in [-0.15, -0.1) is 0 Å². The van der Waals surface area contributed by atoms with Crippen LogP contribution in [0.25, 0.3) is 0 Å². The van der Waals surface area contributed by atoms with Crippen molar-refractivity contribution in [2.24, 2.45) is 0 Å². The molecule has 0 N–H and O–H groups in total. The second kappa shape index (κ2) is 5.63. The molecule has 2 aromatic rings. The lowest BCUT2D eigenvalue weighted by Crippen LogP contribution is -1.86. The Morgan fingerprint density at radius 2 is 1.83 bits per heavy atom. The van der Waals surface area contributed by atoms with Crippen LogP contribution >= 0.6 is 27.7 Å². The van der Waals surface area contributed by atoms with E-state index in [9.17, 15) is 13.6 Å². The standard InChI is InChI=1S/C13H7BrF2OS/c14-10-5-8(7-17)1-4-12(10)18-13-6-9(15)2-3-11(13)16/h1-7H. The molecule has 0 atom stereocenters. The van der Waals surface area contributed by atoms with E-state index in [0.29, 0.717) is 14.9 Å². The van der Waals surface area contributed by atoms with Gasteiger partial charge in [-0.25, -0.2) is 8.78 Å². The third kappa shape index (κ3) is 2.97. The fourth-order valence-electron chi connectivity index (χ4n) is 1.35. The average molecular weight is 329 g/mol. The number of halogens is 3. The van der Waals surface area contributed by atoms with E-state index >= 15 is 0 Å². The van der Waals surface area contributed by atoms with E-state index in [1.807, 2.05) is 0 Å². The first-order valence-corrected chi connectivity index (χ1v) is 6.59. The number of aldehydes is 1. The van der Waals surface area contributed by atoms with Crippen molar-refractivity contribution < 1.29 is 13.6 Å². The number of hydrogen-bond donors (Lipinski definition) is 0. The average Bonchev–Trinajstić information content (AvgIpc) is 2.36. The second-order valence-corrected chi connectivity index (χ2v) is 5.42. The van der Waals surface area contributed by atoms with E-state index < -0.39 is 11.6 Å². The Morgan fingerprint density at radius 1 is 1.06 bits per heavy atom. The van der Waals surface area contributed by atoms with Crippen LogP contribution < -0.4 is 0 Å². The Labute approximate surface area is 115 Å². The van der Waals surface area contributed by atoms with Crippen LogP contribution in [0.2, 0.25) is 0 Å². The Kier molecular flexibility index (Phi) is 4.14. The molecule has 0 heterocycles. The highest BCUT2D eigenvalue weighted by Gasteiger charge is 2.08. The molecule has 0 saturated heterocycles. The van der Waals surface area contributed by atoms with Crippen molar-refractivity contribution in [2.45, 2.75) is 9.79 Å². The van der Waals surface area contributed by atoms with Gasteiger partial charge in [0.05, 0.1) is 4.90 Å². The van der Waals surface area contributed by atoms with Crippen LogP contribution in [0.5, 0.6) is 0 Å². The van der Waals surface area contributed by atoms with Gasteiger partial charge < -0.3 is 0 Å². The first-order chi connectivity index (χ1) is 8.60. The minimum Gasteiger partial charge on any atom is -0.298 e. The van der Waals surface area contributed by atoms with E-state index in [2.05, 4.69) is 15.9 Å². The molecule has 0 radical (unpaired) electrons. The summed E-state index contributed by atoms with van der Waals surface area (Å²) >= 11 is 4.39. The van der Waals surface area contributed by atoms with Crippen LogP contribution in [0.15, 0.2) is 50.7 Å². The highest BCUT2D eigenvalue weighted by Crippen LogP contribution is 2.35. The summed E-state index contributed by atoms with van der Waals surface area (Å²) in [6.45, 7) is 0. The zero-order chi connectivity index (χ0) is 13.1. The fraction of sp³-hybridized carbons (Fsp3) is 0. The highest BCUT2D eigenvalue weighted by molar-refractivity contribution is 9.10. The van der Waals surface area contributed by atoms with Gasteiger partial charge in [0.2, 0.25) is 0 Å². The van der Waals surface area contributed by atoms with E-state index in [1.165, 1.54) is 0 Å². The van der Waals surface area contributed by atoms with Crippen LogP contribution in [-0.4, -0.2) is 6.29 Å². The molecule has 1 nitrogen and oxygen atoms in total. The molecular weight excluding hydrogens is 322 g/mol. The molecular formula is C13H7BrF2OS. The molecule has 0 amide bonds. The Bertz CT molecular complexity index is 602. The van der Waals surface area contributed by atoms with Gasteiger partial charge in [-0.05, 0) is 46.3 Å². The van der Waals surface area contributed by atoms with Crippen molar-refractivity contribution in [1.29, 1.82) is 0 Å². The van der Waals surface area contributed by atoms with Crippen molar-refractivity contribution in [3.8, 4) is 0 Å². The molecule has 0 unspecified atom stereocenters. The maximum absolute atomic E-state index is 13.5. The summed E-state index contributed by atoms with van der Waals surface area (Å²) in [7, 11) is 0. The summed E-state index contributed by atoms with van der Waals surface area (Å²) in [5, 5.41) is 0. The van der Waals surface area contributed by atoms with Crippen molar-refractivity contribution in [3.63, 3.8) is 0 Å². The smallest absolute Gasteiger partial charge is 0.150 e. The molecule has 0 aromatic heterocycles. The van der Waals surface area contributed by atoms with Gasteiger partial charge in [-0.2, -0.15) is 0 Å².